The molecule has 2 N–H and O–H groups in total. The fourth-order valence-electron chi connectivity index (χ4n) is 2.45. The predicted molar refractivity (Wildman–Crippen MR) is 88.6 cm³/mol. The first-order valence-electron chi connectivity index (χ1n) is 7.45. The lowest BCUT2D eigenvalue weighted by Crippen LogP contribution is -2.16. The van der Waals surface area contributed by atoms with Crippen LogP contribution in [0, 0.1) is 5.82 Å². The minimum atomic E-state index is -0.636. The van der Waals surface area contributed by atoms with Crippen LogP contribution in [0.2, 0.25) is 0 Å². The molecule has 1 heterocycles. The van der Waals surface area contributed by atoms with Gasteiger partial charge in [0.05, 0.1) is 17.9 Å². The molecule has 0 bridgehead atoms. The van der Waals surface area contributed by atoms with Crippen molar-refractivity contribution in [2.45, 2.75) is 6.92 Å². The van der Waals surface area contributed by atoms with Crippen LogP contribution in [0.15, 0.2) is 48.5 Å². The average Bonchev–Trinajstić information content (AvgIpc) is 2.94. The molecule has 6 heteroatoms. The Morgan fingerprint density at radius 1 is 1.12 bits per heavy atom. The molecule has 1 aromatic heterocycles. The van der Waals surface area contributed by atoms with Crippen molar-refractivity contribution in [3.05, 3.63) is 65.6 Å². The Morgan fingerprint density at radius 3 is 2.58 bits per heavy atom. The summed E-state index contributed by atoms with van der Waals surface area (Å²) in [6, 6.07) is 12.8. The number of H-pyrrole nitrogens is 1. The van der Waals surface area contributed by atoms with Gasteiger partial charge in [0.15, 0.2) is 0 Å². The van der Waals surface area contributed by atoms with Gasteiger partial charge < -0.3 is 15.0 Å². The molecule has 0 aliphatic rings. The molecule has 3 aromatic rings. The summed E-state index contributed by atoms with van der Waals surface area (Å²) < 4.78 is 18.8. The third-order valence-electron chi connectivity index (χ3n) is 3.54. The number of benzene rings is 2. The number of aromatic nitrogens is 1. The topological polar surface area (TPSA) is 71.2 Å². The number of amides is 1. The number of para-hydroxylation sites is 1. The first kappa shape index (κ1) is 15.7. The second kappa shape index (κ2) is 6.54. The van der Waals surface area contributed by atoms with Crippen LogP contribution in [0.3, 0.4) is 0 Å². The van der Waals surface area contributed by atoms with Crippen molar-refractivity contribution in [2.24, 2.45) is 0 Å². The Balaban J connectivity index is 2.04. The van der Waals surface area contributed by atoms with Crippen molar-refractivity contribution in [3.8, 4) is 0 Å². The standard InChI is InChI=1S/C18H15FN2O3/c1-2-24-18(23)16-15(12-8-4-6-10-14(12)20-16)21-17(22)11-7-3-5-9-13(11)19/h3-10,20H,2H2,1H3,(H,21,22). The highest BCUT2D eigenvalue weighted by Gasteiger charge is 2.21. The molecule has 5 nitrogen and oxygen atoms in total. The van der Waals surface area contributed by atoms with Crippen LogP contribution in [0.25, 0.3) is 10.9 Å². The maximum Gasteiger partial charge on any atom is 0.356 e. The molecule has 3 rings (SSSR count). The summed E-state index contributed by atoms with van der Waals surface area (Å²) in [7, 11) is 0. The summed E-state index contributed by atoms with van der Waals surface area (Å²) in [6.45, 7) is 1.90. The molecular formula is C18H15FN2O3. The van der Waals surface area contributed by atoms with E-state index in [-0.39, 0.29) is 23.6 Å². The molecule has 0 fully saturated rings. The van der Waals surface area contributed by atoms with Gasteiger partial charge in [0.2, 0.25) is 0 Å². The first-order valence-corrected chi connectivity index (χ1v) is 7.45. The Labute approximate surface area is 137 Å². The molecule has 2 aromatic carbocycles. The van der Waals surface area contributed by atoms with Crippen molar-refractivity contribution in [3.63, 3.8) is 0 Å². The molecule has 1 amide bonds. The summed E-state index contributed by atoms with van der Waals surface area (Å²) in [6.07, 6.45) is 0. The van der Waals surface area contributed by atoms with Crippen molar-refractivity contribution < 1.29 is 18.7 Å². The van der Waals surface area contributed by atoms with Crippen molar-refractivity contribution >= 4 is 28.5 Å². The van der Waals surface area contributed by atoms with E-state index < -0.39 is 17.7 Å². The SMILES string of the molecule is CCOC(=O)c1[nH]c2ccccc2c1NC(=O)c1ccccc1F. The van der Waals surface area contributed by atoms with Gasteiger partial charge in [-0.3, -0.25) is 4.79 Å². The van der Waals surface area contributed by atoms with Gasteiger partial charge in [0.1, 0.15) is 11.5 Å². The Kier molecular flexibility index (Phi) is 4.29. The van der Waals surface area contributed by atoms with E-state index >= 15 is 0 Å². The largest absolute Gasteiger partial charge is 0.461 e. The van der Waals surface area contributed by atoms with Crippen LogP contribution in [-0.2, 0) is 4.74 Å². The minimum Gasteiger partial charge on any atom is -0.461 e. The fourth-order valence-corrected chi connectivity index (χ4v) is 2.45. The maximum atomic E-state index is 13.8. The third kappa shape index (κ3) is 2.86. The number of esters is 1. The fraction of sp³-hybridized carbons (Fsp3) is 0.111. The van der Waals surface area contributed by atoms with Crippen LogP contribution >= 0.6 is 0 Å². The van der Waals surface area contributed by atoms with Crippen molar-refractivity contribution in [1.82, 2.24) is 4.98 Å². The van der Waals surface area contributed by atoms with Crippen LogP contribution in [0.4, 0.5) is 10.1 Å². The van der Waals surface area contributed by atoms with Gasteiger partial charge in [0.25, 0.3) is 5.91 Å². The van der Waals surface area contributed by atoms with E-state index in [0.29, 0.717) is 10.9 Å². The number of halogens is 1. The molecule has 0 atom stereocenters. The van der Waals surface area contributed by atoms with Gasteiger partial charge in [-0.05, 0) is 25.1 Å². The van der Waals surface area contributed by atoms with E-state index in [1.807, 2.05) is 0 Å². The molecule has 0 aliphatic heterocycles. The molecule has 0 radical (unpaired) electrons. The summed E-state index contributed by atoms with van der Waals surface area (Å²) in [5, 5.41) is 3.26. The van der Waals surface area contributed by atoms with E-state index in [1.54, 1.807) is 37.3 Å². The Morgan fingerprint density at radius 2 is 1.83 bits per heavy atom. The zero-order valence-corrected chi connectivity index (χ0v) is 12.9. The second-order valence-corrected chi connectivity index (χ2v) is 5.08. The van der Waals surface area contributed by atoms with E-state index in [0.717, 1.165) is 0 Å². The number of aromatic amines is 1. The number of carbonyl (C=O) groups excluding carboxylic acids is 2. The maximum absolute atomic E-state index is 13.8. The molecule has 0 saturated heterocycles. The monoisotopic (exact) mass is 326 g/mol. The van der Waals surface area contributed by atoms with Gasteiger partial charge in [-0.1, -0.05) is 30.3 Å². The molecule has 0 unspecified atom stereocenters. The average molecular weight is 326 g/mol. The quantitative estimate of drug-likeness (QED) is 0.718. The predicted octanol–water partition coefficient (Wildman–Crippen LogP) is 3.74. The Hall–Kier alpha value is -3.15. The highest BCUT2D eigenvalue weighted by atomic mass is 19.1. The van der Waals surface area contributed by atoms with Gasteiger partial charge in [0, 0.05) is 10.9 Å². The van der Waals surface area contributed by atoms with Crippen LogP contribution in [-0.4, -0.2) is 23.5 Å². The highest BCUT2D eigenvalue weighted by molar-refractivity contribution is 6.14. The van der Waals surface area contributed by atoms with Gasteiger partial charge >= 0.3 is 5.97 Å². The number of carbonyl (C=O) groups is 2. The smallest absolute Gasteiger partial charge is 0.356 e. The summed E-state index contributed by atoms with van der Waals surface area (Å²) in [5.41, 5.74) is 0.974. The minimum absolute atomic E-state index is 0.0995. The zero-order valence-electron chi connectivity index (χ0n) is 12.9. The number of hydrogen-bond donors (Lipinski definition) is 2. The number of hydrogen-bond acceptors (Lipinski definition) is 3. The second-order valence-electron chi connectivity index (χ2n) is 5.08. The summed E-state index contributed by atoms with van der Waals surface area (Å²) in [4.78, 5) is 27.5. The number of ether oxygens (including phenoxy) is 1. The lowest BCUT2D eigenvalue weighted by atomic mass is 10.1. The van der Waals surface area contributed by atoms with E-state index in [9.17, 15) is 14.0 Å². The van der Waals surface area contributed by atoms with Crippen molar-refractivity contribution in [2.75, 3.05) is 11.9 Å². The van der Waals surface area contributed by atoms with Gasteiger partial charge in [-0.25, -0.2) is 9.18 Å². The third-order valence-corrected chi connectivity index (χ3v) is 3.54. The van der Waals surface area contributed by atoms with E-state index in [2.05, 4.69) is 10.3 Å². The van der Waals surface area contributed by atoms with Crippen LogP contribution in [0.1, 0.15) is 27.8 Å². The summed E-state index contributed by atoms with van der Waals surface area (Å²) >= 11 is 0. The number of rotatable bonds is 4. The lowest BCUT2D eigenvalue weighted by Gasteiger charge is -2.08. The number of nitrogens with one attached hydrogen (secondary N) is 2. The molecule has 24 heavy (non-hydrogen) atoms. The van der Waals surface area contributed by atoms with Gasteiger partial charge in [-0.2, -0.15) is 0 Å². The van der Waals surface area contributed by atoms with E-state index in [1.165, 1.54) is 18.2 Å². The molecule has 0 aliphatic carbocycles. The Bertz CT molecular complexity index is 918. The van der Waals surface area contributed by atoms with Crippen LogP contribution in [0.5, 0.6) is 0 Å². The zero-order chi connectivity index (χ0) is 17.1. The van der Waals surface area contributed by atoms with Gasteiger partial charge in [-0.15, -0.1) is 0 Å². The van der Waals surface area contributed by atoms with E-state index in [4.69, 9.17) is 4.74 Å². The first-order chi connectivity index (χ1) is 11.6. The number of anilines is 1. The summed E-state index contributed by atoms with van der Waals surface area (Å²) in [5.74, 6) is -1.85. The molecular weight excluding hydrogens is 311 g/mol. The molecule has 0 spiro atoms. The van der Waals surface area contributed by atoms with Crippen molar-refractivity contribution in [1.29, 1.82) is 0 Å². The molecule has 122 valence electrons. The molecule has 0 saturated carbocycles. The number of fused-ring (bicyclic) bond motifs is 1. The highest BCUT2D eigenvalue weighted by Crippen LogP contribution is 2.29. The van der Waals surface area contributed by atoms with Crippen LogP contribution < -0.4 is 5.32 Å². The lowest BCUT2D eigenvalue weighted by molar-refractivity contribution is 0.0522. The normalized spacial score (nSPS) is 10.6.